The number of benzene rings is 1. The van der Waals surface area contributed by atoms with E-state index < -0.39 is 10.8 Å². The number of morpholine rings is 1. The van der Waals surface area contributed by atoms with Gasteiger partial charge in [-0.2, -0.15) is 0 Å². The monoisotopic (exact) mass is 332 g/mol. The normalized spacial score (nSPS) is 22.9. The third-order valence-corrected chi connectivity index (χ3v) is 4.93. The molecule has 0 bridgehead atoms. The first-order chi connectivity index (χ1) is 8.56. The Morgan fingerprint density at radius 3 is 3.06 bits per heavy atom. The number of halogens is 1. The summed E-state index contributed by atoms with van der Waals surface area (Å²) in [5.74, 6) is 0.496. The van der Waals surface area contributed by atoms with Crippen LogP contribution in [0.2, 0.25) is 0 Å². The Hall–Kier alpha value is -0.430. The first kappa shape index (κ1) is 14.0. The summed E-state index contributed by atoms with van der Waals surface area (Å²) in [6.07, 6.45) is 0.0210. The van der Waals surface area contributed by atoms with Crippen molar-refractivity contribution in [1.29, 1.82) is 0 Å². The number of nitrogens with two attached hydrogens (primary N) is 1. The third-order valence-electron chi connectivity index (χ3n) is 2.90. The van der Waals surface area contributed by atoms with Crippen molar-refractivity contribution in [1.82, 2.24) is 4.90 Å². The molecule has 1 aromatic rings. The van der Waals surface area contributed by atoms with Crippen LogP contribution in [0.25, 0.3) is 0 Å². The van der Waals surface area contributed by atoms with E-state index in [1.807, 2.05) is 19.2 Å². The van der Waals surface area contributed by atoms with Gasteiger partial charge in [0.25, 0.3) is 0 Å². The predicted octanol–water partition coefficient (Wildman–Crippen LogP) is 1.47. The summed E-state index contributed by atoms with van der Waals surface area (Å²) in [4.78, 5) is 2.88. The molecule has 1 heterocycles. The van der Waals surface area contributed by atoms with Crippen molar-refractivity contribution in [3.63, 3.8) is 0 Å². The molecule has 2 N–H and O–H groups in total. The van der Waals surface area contributed by atoms with Gasteiger partial charge in [-0.25, -0.2) is 0 Å². The highest BCUT2D eigenvalue weighted by Crippen LogP contribution is 2.22. The van der Waals surface area contributed by atoms with Crippen LogP contribution in [-0.2, 0) is 15.5 Å². The van der Waals surface area contributed by atoms with Crippen molar-refractivity contribution < 1.29 is 8.95 Å². The van der Waals surface area contributed by atoms with Gasteiger partial charge in [0.1, 0.15) is 0 Å². The van der Waals surface area contributed by atoms with Gasteiger partial charge in [-0.15, -0.1) is 0 Å². The van der Waals surface area contributed by atoms with E-state index in [0.29, 0.717) is 22.9 Å². The molecule has 1 aliphatic rings. The predicted molar refractivity (Wildman–Crippen MR) is 77.1 cm³/mol. The van der Waals surface area contributed by atoms with Crippen molar-refractivity contribution in [2.45, 2.75) is 11.0 Å². The topological polar surface area (TPSA) is 55.6 Å². The molecule has 0 saturated carbocycles. The molecule has 0 radical (unpaired) electrons. The first-order valence-electron chi connectivity index (χ1n) is 5.80. The van der Waals surface area contributed by atoms with Crippen molar-refractivity contribution in [2.24, 2.45) is 0 Å². The highest BCUT2D eigenvalue weighted by Gasteiger charge is 2.21. The molecule has 4 nitrogen and oxygen atoms in total. The molecule has 100 valence electrons. The minimum atomic E-state index is -1.11. The van der Waals surface area contributed by atoms with E-state index in [9.17, 15) is 4.21 Å². The van der Waals surface area contributed by atoms with Crippen LogP contribution in [0, 0.1) is 0 Å². The standard InChI is InChI=1S/C12H17BrN2O2S/c1-15-4-5-17-10(7-15)8-18(16)12-3-2-9(13)6-11(12)14/h2-3,6,10H,4-5,7-8,14H2,1H3. The summed E-state index contributed by atoms with van der Waals surface area (Å²) in [7, 11) is 0.935. The minimum absolute atomic E-state index is 0.0210. The number of likely N-dealkylation sites (N-methyl/N-ethyl adjacent to an activating group) is 1. The fraction of sp³-hybridized carbons (Fsp3) is 0.500. The maximum absolute atomic E-state index is 12.3. The van der Waals surface area contributed by atoms with Crippen LogP contribution in [0.5, 0.6) is 0 Å². The number of hydrogen-bond acceptors (Lipinski definition) is 4. The lowest BCUT2D eigenvalue weighted by atomic mass is 10.3. The second kappa shape index (κ2) is 6.14. The molecule has 1 fully saturated rings. The lowest BCUT2D eigenvalue weighted by Crippen LogP contribution is -2.42. The van der Waals surface area contributed by atoms with Gasteiger partial charge >= 0.3 is 0 Å². The summed E-state index contributed by atoms with van der Waals surface area (Å²) in [5, 5.41) is 0. The minimum Gasteiger partial charge on any atom is -0.398 e. The fourth-order valence-electron chi connectivity index (χ4n) is 1.95. The highest BCUT2D eigenvalue weighted by atomic mass is 79.9. The average molecular weight is 333 g/mol. The van der Waals surface area contributed by atoms with Gasteiger partial charge in [-0.3, -0.25) is 4.21 Å². The molecule has 1 saturated heterocycles. The van der Waals surface area contributed by atoms with Crippen molar-refractivity contribution in [2.75, 3.05) is 38.2 Å². The van der Waals surface area contributed by atoms with Gasteiger partial charge in [-0.05, 0) is 25.2 Å². The van der Waals surface area contributed by atoms with Gasteiger partial charge in [0.2, 0.25) is 0 Å². The maximum atomic E-state index is 12.3. The van der Waals surface area contributed by atoms with Crippen LogP contribution in [-0.4, -0.2) is 47.7 Å². The largest absolute Gasteiger partial charge is 0.398 e. The molecule has 6 heteroatoms. The maximum Gasteiger partial charge on any atom is 0.0821 e. The number of nitrogen functional groups attached to an aromatic ring is 1. The Kier molecular flexibility index (Phi) is 4.77. The third kappa shape index (κ3) is 3.54. The van der Waals surface area contributed by atoms with Gasteiger partial charge < -0.3 is 15.4 Å². The van der Waals surface area contributed by atoms with E-state index in [0.717, 1.165) is 17.6 Å². The number of anilines is 1. The Morgan fingerprint density at radius 2 is 2.39 bits per heavy atom. The van der Waals surface area contributed by atoms with E-state index in [-0.39, 0.29) is 6.10 Å². The lowest BCUT2D eigenvalue weighted by molar-refractivity contribution is -0.00640. The molecule has 0 amide bonds. The van der Waals surface area contributed by atoms with E-state index >= 15 is 0 Å². The van der Waals surface area contributed by atoms with E-state index in [1.54, 1.807) is 6.07 Å². The number of ether oxygens (including phenoxy) is 1. The van der Waals surface area contributed by atoms with Crippen LogP contribution in [0.1, 0.15) is 0 Å². The Labute approximate surface area is 118 Å². The molecular weight excluding hydrogens is 316 g/mol. The van der Waals surface area contributed by atoms with Crippen molar-refractivity contribution >= 4 is 32.4 Å². The molecule has 2 unspecified atom stereocenters. The summed E-state index contributed by atoms with van der Waals surface area (Å²) in [6, 6.07) is 5.45. The molecule has 18 heavy (non-hydrogen) atoms. The second-order valence-electron chi connectivity index (χ2n) is 4.45. The molecule has 1 aliphatic heterocycles. The highest BCUT2D eigenvalue weighted by molar-refractivity contribution is 9.10. The van der Waals surface area contributed by atoms with Gasteiger partial charge in [0.15, 0.2) is 0 Å². The zero-order valence-electron chi connectivity index (χ0n) is 10.3. The van der Waals surface area contributed by atoms with E-state index in [2.05, 4.69) is 20.8 Å². The Morgan fingerprint density at radius 1 is 1.61 bits per heavy atom. The van der Waals surface area contributed by atoms with Crippen LogP contribution in [0.15, 0.2) is 27.6 Å². The van der Waals surface area contributed by atoms with Crippen LogP contribution < -0.4 is 5.73 Å². The van der Waals surface area contributed by atoms with E-state index in [4.69, 9.17) is 10.5 Å². The summed E-state index contributed by atoms with van der Waals surface area (Å²) < 4.78 is 18.8. The van der Waals surface area contributed by atoms with Gasteiger partial charge in [0.05, 0.1) is 34.2 Å². The molecule has 1 aromatic carbocycles. The van der Waals surface area contributed by atoms with E-state index in [1.165, 1.54) is 0 Å². The molecule has 2 rings (SSSR count). The molecular formula is C12H17BrN2O2S. The van der Waals surface area contributed by atoms with Crippen LogP contribution in [0.3, 0.4) is 0 Å². The Balaban J connectivity index is 2.03. The summed E-state index contributed by atoms with van der Waals surface area (Å²) >= 11 is 3.34. The van der Waals surface area contributed by atoms with Gasteiger partial charge in [0, 0.05) is 23.2 Å². The number of rotatable bonds is 3. The SMILES string of the molecule is CN1CCOC(CS(=O)c2ccc(Br)cc2N)C1. The quantitative estimate of drug-likeness (QED) is 0.851. The smallest absolute Gasteiger partial charge is 0.0821 e. The zero-order chi connectivity index (χ0) is 13.1. The summed E-state index contributed by atoms with van der Waals surface area (Å²) in [6.45, 7) is 2.46. The Bertz CT molecular complexity index is 456. The first-order valence-corrected chi connectivity index (χ1v) is 7.91. The molecule has 2 atom stereocenters. The van der Waals surface area contributed by atoms with Crippen molar-refractivity contribution in [3.8, 4) is 0 Å². The zero-order valence-corrected chi connectivity index (χ0v) is 12.7. The van der Waals surface area contributed by atoms with Crippen molar-refractivity contribution in [3.05, 3.63) is 22.7 Å². The number of nitrogens with zero attached hydrogens (tertiary/aromatic N) is 1. The fourth-order valence-corrected chi connectivity index (χ4v) is 3.59. The van der Waals surface area contributed by atoms with Crippen LogP contribution >= 0.6 is 15.9 Å². The lowest BCUT2D eigenvalue weighted by Gasteiger charge is -2.29. The van der Waals surface area contributed by atoms with Crippen LogP contribution in [0.4, 0.5) is 5.69 Å². The second-order valence-corrected chi connectivity index (χ2v) is 6.83. The molecule has 0 aliphatic carbocycles. The molecule has 0 spiro atoms. The van der Waals surface area contributed by atoms with Gasteiger partial charge in [-0.1, -0.05) is 15.9 Å². The average Bonchev–Trinajstić information content (AvgIpc) is 2.28. The number of hydrogen-bond donors (Lipinski definition) is 1. The summed E-state index contributed by atoms with van der Waals surface area (Å²) in [5.41, 5.74) is 6.44. The molecule has 0 aromatic heterocycles.